The van der Waals surface area contributed by atoms with Gasteiger partial charge in [0.15, 0.2) is 0 Å². The van der Waals surface area contributed by atoms with E-state index in [4.69, 9.17) is 11.6 Å². The Labute approximate surface area is 102 Å². The predicted molar refractivity (Wildman–Crippen MR) is 69.3 cm³/mol. The zero-order valence-corrected chi connectivity index (χ0v) is 10.3. The molecular formula is C12H19ClN2O. The molecule has 0 spiro atoms. The van der Waals surface area contributed by atoms with Crippen molar-refractivity contribution in [1.82, 2.24) is 5.32 Å². The lowest BCUT2D eigenvalue weighted by Gasteiger charge is -2.10. The van der Waals surface area contributed by atoms with E-state index in [1.807, 2.05) is 19.2 Å². The summed E-state index contributed by atoms with van der Waals surface area (Å²) >= 11 is 5.50. The molecule has 0 bridgehead atoms. The van der Waals surface area contributed by atoms with Crippen LogP contribution in [0.2, 0.25) is 0 Å². The van der Waals surface area contributed by atoms with Gasteiger partial charge in [0, 0.05) is 12.2 Å². The summed E-state index contributed by atoms with van der Waals surface area (Å²) in [5.41, 5.74) is 2.31. The Bertz CT molecular complexity index is 290. The third kappa shape index (κ3) is 4.84. The van der Waals surface area contributed by atoms with Crippen molar-refractivity contribution in [3.63, 3.8) is 0 Å². The van der Waals surface area contributed by atoms with E-state index in [9.17, 15) is 5.11 Å². The van der Waals surface area contributed by atoms with E-state index in [2.05, 4.69) is 22.8 Å². The first-order chi connectivity index (χ1) is 7.76. The predicted octanol–water partition coefficient (Wildman–Crippen LogP) is 1.46. The lowest BCUT2D eigenvalue weighted by atomic mass is 10.1. The second-order valence-electron chi connectivity index (χ2n) is 3.74. The van der Waals surface area contributed by atoms with Crippen LogP contribution >= 0.6 is 11.6 Å². The molecule has 1 aromatic rings. The Morgan fingerprint density at radius 3 is 2.56 bits per heavy atom. The Balaban J connectivity index is 2.38. The van der Waals surface area contributed by atoms with Crippen molar-refractivity contribution >= 4 is 17.3 Å². The van der Waals surface area contributed by atoms with Crippen LogP contribution in [0.4, 0.5) is 5.69 Å². The van der Waals surface area contributed by atoms with Crippen LogP contribution in [-0.2, 0) is 6.42 Å². The molecule has 0 saturated heterocycles. The maximum Gasteiger partial charge on any atom is 0.0847 e. The number of hydrogen-bond acceptors (Lipinski definition) is 3. The van der Waals surface area contributed by atoms with Crippen LogP contribution in [0.1, 0.15) is 5.56 Å². The molecule has 3 N–H and O–H groups in total. The summed E-state index contributed by atoms with van der Waals surface area (Å²) in [6.07, 6.45) is 0.534. The summed E-state index contributed by atoms with van der Waals surface area (Å²) in [5.74, 6) is 0.257. The summed E-state index contributed by atoms with van der Waals surface area (Å²) in [6.45, 7) is 1.47. The number of benzene rings is 1. The first kappa shape index (κ1) is 13.3. The van der Waals surface area contributed by atoms with Crippen molar-refractivity contribution in [2.75, 3.05) is 31.3 Å². The SMILES string of the molecule is CNCCc1ccc(NCC(O)CCl)cc1. The van der Waals surface area contributed by atoms with Crippen LogP contribution in [-0.4, -0.2) is 37.2 Å². The first-order valence-electron chi connectivity index (χ1n) is 5.47. The molecule has 4 heteroatoms. The number of likely N-dealkylation sites (N-methyl/N-ethyl adjacent to an activating group) is 1. The normalized spacial score (nSPS) is 12.4. The maximum absolute atomic E-state index is 9.29. The average molecular weight is 243 g/mol. The minimum Gasteiger partial charge on any atom is -0.390 e. The molecule has 1 atom stereocenters. The standard InChI is InChI=1S/C12H19ClN2O/c1-14-7-6-10-2-4-11(5-3-10)15-9-12(16)8-13/h2-5,12,14-16H,6-9H2,1H3. The van der Waals surface area contributed by atoms with E-state index in [1.54, 1.807) is 0 Å². The van der Waals surface area contributed by atoms with Crippen LogP contribution in [0.5, 0.6) is 0 Å². The summed E-state index contributed by atoms with van der Waals surface area (Å²) in [4.78, 5) is 0. The second-order valence-corrected chi connectivity index (χ2v) is 4.05. The molecule has 0 fully saturated rings. The van der Waals surface area contributed by atoms with Crippen LogP contribution in [0.15, 0.2) is 24.3 Å². The summed E-state index contributed by atoms with van der Waals surface area (Å²) in [7, 11) is 1.95. The van der Waals surface area contributed by atoms with Gasteiger partial charge < -0.3 is 15.7 Å². The van der Waals surface area contributed by atoms with Crippen LogP contribution < -0.4 is 10.6 Å². The molecule has 0 aliphatic rings. The number of aliphatic hydroxyl groups excluding tert-OH is 1. The number of rotatable bonds is 7. The molecule has 0 saturated carbocycles. The molecule has 3 nitrogen and oxygen atoms in total. The summed E-state index contributed by atoms with van der Waals surface area (Å²) in [5, 5.41) is 15.5. The van der Waals surface area contributed by atoms with Gasteiger partial charge in [-0.1, -0.05) is 12.1 Å². The van der Waals surface area contributed by atoms with Crippen LogP contribution in [0.25, 0.3) is 0 Å². The Morgan fingerprint density at radius 1 is 1.31 bits per heavy atom. The van der Waals surface area contributed by atoms with Crippen molar-refractivity contribution in [1.29, 1.82) is 0 Å². The topological polar surface area (TPSA) is 44.3 Å². The zero-order chi connectivity index (χ0) is 11.8. The molecule has 90 valence electrons. The van der Waals surface area contributed by atoms with E-state index in [-0.39, 0.29) is 5.88 Å². The van der Waals surface area contributed by atoms with Crippen LogP contribution in [0, 0.1) is 0 Å². The van der Waals surface area contributed by atoms with E-state index in [1.165, 1.54) is 5.56 Å². The van der Waals surface area contributed by atoms with Crippen molar-refractivity contribution in [2.24, 2.45) is 0 Å². The lowest BCUT2D eigenvalue weighted by Crippen LogP contribution is -2.20. The monoisotopic (exact) mass is 242 g/mol. The molecule has 1 aromatic carbocycles. The highest BCUT2D eigenvalue weighted by atomic mass is 35.5. The van der Waals surface area contributed by atoms with Crippen molar-refractivity contribution in [3.05, 3.63) is 29.8 Å². The molecule has 0 aliphatic carbocycles. The highest BCUT2D eigenvalue weighted by Crippen LogP contribution is 2.09. The van der Waals surface area contributed by atoms with E-state index in [0.717, 1.165) is 18.7 Å². The van der Waals surface area contributed by atoms with Gasteiger partial charge in [-0.2, -0.15) is 0 Å². The Morgan fingerprint density at radius 2 is 2.00 bits per heavy atom. The van der Waals surface area contributed by atoms with Gasteiger partial charge in [0.2, 0.25) is 0 Å². The van der Waals surface area contributed by atoms with Gasteiger partial charge in [0.05, 0.1) is 12.0 Å². The molecule has 1 unspecified atom stereocenters. The summed E-state index contributed by atoms with van der Waals surface area (Å²) < 4.78 is 0. The first-order valence-corrected chi connectivity index (χ1v) is 6.01. The molecular weight excluding hydrogens is 224 g/mol. The number of hydrogen-bond donors (Lipinski definition) is 3. The zero-order valence-electron chi connectivity index (χ0n) is 9.54. The minimum atomic E-state index is -0.495. The number of alkyl halides is 1. The summed E-state index contributed by atoms with van der Waals surface area (Å²) in [6, 6.07) is 8.22. The van der Waals surface area contributed by atoms with Crippen molar-refractivity contribution < 1.29 is 5.11 Å². The largest absolute Gasteiger partial charge is 0.390 e. The van der Waals surface area contributed by atoms with Gasteiger partial charge in [-0.05, 0) is 37.7 Å². The highest BCUT2D eigenvalue weighted by Gasteiger charge is 2.01. The molecule has 0 radical (unpaired) electrons. The van der Waals surface area contributed by atoms with Gasteiger partial charge in [0.25, 0.3) is 0 Å². The van der Waals surface area contributed by atoms with E-state index < -0.39 is 6.10 Å². The fourth-order valence-electron chi connectivity index (χ4n) is 1.35. The maximum atomic E-state index is 9.29. The van der Waals surface area contributed by atoms with Gasteiger partial charge in [-0.25, -0.2) is 0 Å². The number of halogens is 1. The number of aliphatic hydroxyl groups is 1. The number of nitrogens with one attached hydrogen (secondary N) is 2. The molecule has 0 amide bonds. The van der Waals surface area contributed by atoms with Gasteiger partial charge in [-0.15, -0.1) is 11.6 Å². The van der Waals surface area contributed by atoms with E-state index in [0.29, 0.717) is 6.54 Å². The van der Waals surface area contributed by atoms with Crippen LogP contribution in [0.3, 0.4) is 0 Å². The molecule has 0 aliphatic heterocycles. The highest BCUT2D eigenvalue weighted by molar-refractivity contribution is 6.18. The Hall–Kier alpha value is -0.770. The van der Waals surface area contributed by atoms with Gasteiger partial charge >= 0.3 is 0 Å². The molecule has 0 aromatic heterocycles. The van der Waals surface area contributed by atoms with E-state index >= 15 is 0 Å². The van der Waals surface area contributed by atoms with Crippen molar-refractivity contribution in [3.8, 4) is 0 Å². The third-order valence-corrected chi connectivity index (χ3v) is 2.69. The molecule has 1 rings (SSSR count). The molecule has 16 heavy (non-hydrogen) atoms. The molecule has 0 heterocycles. The number of anilines is 1. The second kappa shape index (κ2) is 7.49. The average Bonchev–Trinajstić information content (AvgIpc) is 2.34. The smallest absolute Gasteiger partial charge is 0.0847 e. The van der Waals surface area contributed by atoms with Gasteiger partial charge in [0.1, 0.15) is 0 Å². The fourth-order valence-corrected chi connectivity index (χ4v) is 1.46. The van der Waals surface area contributed by atoms with Gasteiger partial charge in [-0.3, -0.25) is 0 Å². The quantitative estimate of drug-likeness (QED) is 0.635. The fraction of sp³-hybridized carbons (Fsp3) is 0.500. The van der Waals surface area contributed by atoms with Crippen molar-refractivity contribution in [2.45, 2.75) is 12.5 Å². The lowest BCUT2D eigenvalue weighted by molar-refractivity contribution is 0.211. The minimum absolute atomic E-state index is 0.257. The Kier molecular flexibility index (Phi) is 6.23. The third-order valence-electron chi connectivity index (χ3n) is 2.34.